The molecule has 1 heterocycles. The van der Waals surface area contributed by atoms with Crippen LogP contribution in [0.3, 0.4) is 0 Å². The van der Waals surface area contributed by atoms with Crippen LogP contribution in [0.2, 0.25) is 0 Å². The van der Waals surface area contributed by atoms with Gasteiger partial charge in [-0.05, 0) is 40.7 Å². The number of piperidine rings is 1. The van der Waals surface area contributed by atoms with E-state index in [-0.39, 0.29) is 6.09 Å². The number of carbonyl (C=O) groups is 1. The molecule has 1 fully saturated rings. The van der Waals surface area contributed by atoms with E-state index in [1.54, 1.807) is 0 Å². The van der Waals surface area contributed by atoms with Crippen molar-refractivity contribution in [3.8, 4) is 0 Å². The molecule has 0 aliphatic carbocycles. The lowest BCUT2D eigenvalue weighted by molar-refractivity contribution is 0.0112. The molecule has 0 spiro atoms. The molecule has 1 N–H and O–H groups in total. The summed E-state index contributed by atoms with van der Waals surface area (Å²) >= 11 is 0. The normalized spacial score (nSPS) is 18.7. The predicted molar refractivity (Wildman–Crippen MR) is 70.7 cm³/mol. The minimum absolute atomic E-state index is 0.335. The maximum atomic E-state index is 11.4. The fraction of sp³-hybridized carbons (Fsp3) is 0.923. The van der Waals surface area contributed by atoms with E-state index in [4.69, 9.17) is 9.47 Å². The van der Waals surface area contributed by atoms with Crippen molar-refractivity contribution in [3.05, 3.63) is 0 Å². The van der Waals surface area contributed by atoms with Gasteiger partial charge >= 0.3 is 6.09 Å². The molecule has 1 saturated heterocycles. The summed E-state index contributed by atoms with van der Waals surface area (Å²) in [6, 6.07) is 0. The number of ether oxygens (including phenoxy) is 2. The van der Waals surface area contributed by atoms with Crippen molar-refractivity contribution < 1.29 is 14.3 Å². The van der Waals surface area contributed by atoms with Crippen molar-refractivity contribution in [1.82, 2.24) is 10.2 Å². The first-order valence-electron chi connectivity index (χ1n) is 6.64. The number of rotatable bonds is 4. The summed E-state index contributed by atoms with van der Waals surface area (Å²) in [7, 11) is 2.13. The highest BCUT2D eigenvalue weighted by molar-refractivity contribution is 5.67. The second-order valence-corrected chi connectivity index (χ2v) is 5.80. The largest absolute Gasteiger partial charge is 0.444 e. The highest BCUT2D eigenvalue weighted by atomic mass is 16.6. The average molecular weight is 258 g/mol. The van der Waals surface area contributed by atoms with Crippen LogP contribution in [0.25, 0.3) is 0 Å². The third-order valence-corrected chi connectivity index (χ3v) is 2.79. The molecule has 0 atom stereocenters. The van der Waals surface area contributed by atoms with Crippen molar-refractivity contribution in [3.63, 3.8) is 0 Å². The summed E-state index contributed by atoms with van der Waals surface area (Å²) in [5.74, 6) is 0. The molecule has 1 aliphatic rings. The zero-order chi connectivity index (χ0) is 13.6. The maximum Gasteiger partial charge on any atom is 0.407 e. The Morgan fingerprint density at radius 2 is 1.94 bits per heavy atom. The second kappa shape index (κ2) is 6.95. The van der Waals surface area contributed by atoms with Gasteiger partial charge in [0.1, 0.15) is 5.60 Å². The molecule has 1 amide bonds. The van der Waals surface area contributed by atoms with Crippen molar-refractivity contribution in [1.29, 1.82) is 0 Å². The van der Waals surface area contributed by atoms with Gasteiger partial charge in [-0.1, -0.05) is 0 Å². The minimum atomic E-state index is -0.446. The monoisotopic (exact) mass is 258 g/mol. The molecule has 0 bridgehead atoms. The summed E-state index contributed by atoms with van der Waals surface area (Å²) in [6.07, 6.45) is 2.10. The molecule has 1 aliphatic heterocycles. The van der Waals surface area contributed by atoms with Crippen LogP contribution < -0.4 is 5.32 Å². The molecule has 5 nitrogen and oxygen atoms in total. The van der Waals surface area contributed by atoms with Crippen LogP contribution >= 0.6 is 0 Å². The molecule has 5 heteroatoms. The predicted octanol–water partition coefficient (Wildman–Crippen LogP) is 1.62. The number of hydrogen-bond donors (Lipinski definition) is 1. The van der Waals surface area contributed by atoms with Crippen molar-refractivity contribution >= 4 is 6.09 Å². The van der Waals surface area contributed by atoms with Crippen molar-refractivity contribution in [2.24, 2.45) is 0 Å². The third-order valence-electron chi connectivity index (χ3n) is 2.79. The Kier molecular flexibility index (Phi) is 5.88. The lowest BCUT2D eigenvalue weighted by Gasteiger charge is -2.28. The van der Waals surface area contributed by atoms with Crippen LogP contribution in [0.5, 0.6) is 0 Å². The summed E-state index contributed by atoms with van der Waals surface area (Å²) < 4.78 is 10.8. The van der Waals surface area contributed by atoms with Crippen LogP contribution in [0.15, 0.2) is 0 Å². The zero-order valence-corrected chi connectivity index (χ0v) is 12.0. The van der Waals surface area contributed by atoms with Crippen molar-refractivity contribution in [2.45, 2.75) is 45.3 Å². The molecule has 106 valence electrons. The van der Waals surface area contributed by atoms with Gasteiger partial charge in [-0.15, -0.1) is 0 Å². The summed E-state index contributed by atoms with van der Waals surface area (Å²) in [4.78, 5) is 13.7. The first-order valence-corrected chi connectivity index (χ1v) is 6.64. The lowest BCUT2D eigenvalue weighted by Crippen LogP contribution is -2.37. The van der Waals surface area contributed by atoms with Crippen LogP contribution in [0.1, 0.15) is 33.6 Å². The van der Waals surface area contributed by atoms with E-state index in [0.29, 0.717) is 19.3 Å². The molecule has 1 rings (SSSR count). The van der Waals surface area contributed by atoms with E-state index in [1.165, 1.54) is 0 Å². The van der Waals surface area contributed by atoms with E-state index in [2.05, 4.69) is 17.3 Å². The van der Waals surface area contributed by atoms with Gasteiger partial charge in [0, 0.05) is 19.6 Å². The smallest absolute Gasteiger partial charge is 0.407 e. The van der Waals surface area contributed by atoms with Gasteiger partial charge in [-0.2, -0.15) is 0 Å². The number of likely N-dealkylation sites (tertiary alicyclic amines) is 1. The first-order chi connectivity index (χ1) is 8.37. The quantitative estimate of drug-likeness (QED) is 0.779. The third kappa shape index (κ3) is 6.81. The summed E-state index contributed by atoms with van der Waals surface area (Å²) in [6.45, 7) is 8.77. The second-order valence-electron chi connectivity index (χ2n) is 5.80. The molecule has 0 aromatic heterocycles. The number of hydrogen-bond acceptors (Lipinski definition) is 4. The average Bonchev–Trinajstić information content (AvgIpc) is 2.24. The highest BCUT2D eigenvalue weighted by Gasteiger charge is 2.18. The van der Waals surface area contributed by atoms with E-state index in [9.17, 15) is 4.79 Å². The fourth-order valence-corrected chi connectivity index (χ4v) is 1.84. The molecule has 0 saturated carbocycles. The Balaban J connectivity index is 2.03. The van der Waals surface area contributed by atoms with Crippen LogP contribution in [0.4, 0.5) is 4.79 Å². The van der Waals surface area contributed by atoms with Crippen LogP contribution in [0, 0.1) is 0 Å². The van der Waals surface area contributed by atoms with E-state index in [1.807, 2.05) is 20.8 Å². The lowest BCUT2D eigenvalue weighted by atomic mass is 10.1. The molecule has 18 heavy (non-hydrogen) atoms. The molecule has 0 unspecified atom stereocenters. The van der Waals surface area contributed by atoms with Crippen LogP contribution in [-0.4, -0.2) is 56.0 Å². The molecule has 0 aromatic carbocycles. The van der Waals surface area contributed by atoms with Gasteiger partial charge in [0.25, 0.3) is 0 Å². The van der Waals surface area contributed by atoms with Crippen LogP contribution in [-0.2, 0) is 9.47 Å². The summed E-state index contributed by atoms with van der Waals surface area (Å²) in [5, 5.41) is 2.69. The number of amides is 1. The van der Waals surface area contributed by atoms with Gasteiger partial charge in [0.15, 0.2) is 0 Å². The van der Waals surface area contributed by atoms with Gasteiger partial charge < -0.3 is 19.7 Å². The van der Waals surface area contributed by atoms with Crippen molar-refractivity contribution in [2.75, 3.05) is 33.3 Å². The minimum Gasteiger partial charge on any atom is -0.444 e. The highest BCUT2D eigenvalue weighted by Crippen LogP contribution is 2.11. The standard InChI is InChI=1S/C13H26N2O3/c1-13(2,3)18-12(16)14-7-10-17-11-5-8-15(4)9-6-11/h11H,5-10H2,1-4H3,(H,14,16). The summed E-state index contributed by atoms with van der Waals surface area (Å²) in [5.41, 5.74) is -0.446. The Labute approximate surface area is 110 Å². The van der Waals surface area contributed by atoms with E-state index >= 15 is 0 Å². The Morgan fingerprint density at radius 1 is 1.33 bits per heavy atom. The molecular weight excluding hydrogens is 232 g/mol. The Bertz CT molecular complexity index is 255. The maximum absolute atomic E-state index is 11.4. The first kappa shape index (κ1) is 15.2. The van der Waals surface area contributed by atoms with Gasteiger partial charge in [0.05, 0.1) is 12.7 Å². The number of nitrogens with zero attached hydrogens (tertiary/aromatic N) is 1. The van der Waals surface area contributed by atoms with E-state index < -0.39 is 5.60 Å². The number of carbonyl (C=O) groups excluding carboxylic acids is 1. The van der Waals surface area contributed by atoms with E-state index in [0.717, 1.165) is 25.9 Å². The van der Waals surface area contributed by atoms with Gasteiger partial charge in [-0.3, -0.25) is 0 Å². The molecule has 0 radical (unpaired) electrons. The SMILES string of the molecule is CN1CCC(OCCNC(=O)OC(C)(C)C)CC1. The Morgan fingerprint density at radius 3 is 2.50 bits per heavy atom. The molecular formula is C13H26N2O3. The van der Waals surface area contributed by atoms with Gasteiger partial charge in [0.2, 0.25) is 0 Å². The zero-order valence-electron chi connectivity index (χ0n) is 12.0. The van der Waals surface area contributed by atoms with Gasteiger partial charge in [-0.25, -0.2) is 4.79 Å². The number of alkyl carbamates (subject to hydrolysis) is 1. The molecule has 0 aromatic rings. The number of nitrogens with one attached hydrogen (secondary N) is 1. The Hall–Kier alpha value is -0.810. The fourth-order valence-electron chi connectivity index (χ4n) is 1.84. The topological polar surface area (TPSA) is 50.8 Å².